The lowest BCUT2D eigenvalue weighted by atomic mass is 10.9. The number of rotatable bonds is 3. The Kier molecular flexibility index (Phi) is 4.89. The van der Waals surface area contributed by atoms with E-state index < -0.39 is 16.2 Å². The normalized spacial score (nSPS) is 14.5. The van der Waals surface area contributed by atoms with E-state index in [2.05, 4.69) is 4.18 Å². The van der Waals surface area contributed by atoms with E-state index in [-0.39, 0.29) is 6.61 Å². The molecule has 0 fully saturated rings. The number of hydrogen-bond acceptors (Lipinski definition) is 2. The summed E-state index contributed by atoms with van der Waals surface area (Å²) in [7, 11) is 0. The van der Waals surface area contributed by atoms with Crippen LogP contribution in [0.2, 0.25) is 0 Å². The van der Waals surface area contributed by atoms with E-state index in [1.807, 2.05) is 0 Å². The summed E-state index contributed by atoms with van der Waals surface area (Å²) >= 11 is 7.98. The maximum atomic E-state index is 9.68. The summed E-state index contributed by atoms with van der Waals surface area (Å²) < 4.78 is 21.7. The molecular formula is C2H4Cl2O3S. The monoisotopic (exact) mass is 178 g/mol. The first-order valence-corrected chi connectivity index (χ1v) is 3.55. The van der Waals surface area contributed by atoms with Crippen LogP contribution in [0.1, 0.15) is 0 Å². The molecule has 50 valence electrons. The maximum absolute atomic E-state index is 9.68. The Bertz CT molecular complexity index is 85.4. The van der Waals surface area contributed by atoms with Gasteiger partial charge in [0.2, 0.25) is 0 Å². The summed E-state index contributed by atoms with van der Waals surface area (Å²) in [6.07, 6.45) is 0. The molecule has 0 radical (unpaired) electrons. The van der Waals surface area contributed by atoms with Crippen molar-refractivity contribution in [2.24, 2.45) is 0 Å². The molecule has 0 aromatic heterocycles. The van der Waals surface area contributed by atoms with Gasteiger partial charge in [-0.3, -0.25) is 8.74 Å². The van der Waals surface area contributed by atoms with Crippen LogP contribution >= 0.6 is 23.2 Å². The summed E-state index contributed by atoms with van der Waals surface area (Å²) in [5, 5.41) is 0. The summed E-state index contributed by atoms with van der Waals surface area (Å²) in [6.45, 7) is -0.133. The highest BCUT2D eigenvalue weighted by Crippen LogP contribution is 2.01. The van der Waals surface area contributed by atoms with Crippen molar-refractivity contribution >= 4 is 34.6 Å². The number of halogens is 2. The molecule has 0 heterocycles. The Hall–Kier alpha value is 0.650. The van der Waals surface area contributed by atoms with Crippen molar-refractivity contribution in [3.8, 4) is 0 Å². The van der Waals surface area contributed by atoms with Gasteiger partial charge < -0.3 is 0 Å². The molecule has 0 aliphatic heterocycles. The lowest BCUT2D eigenvalue weighted by Crippen LogP contribution is -2.03. The van der Waals surface area contributed by atoms with E-state index in [4.69, 9.17) is 27.8 Å². The van der Waals surface area contributed by atoms with Gasteiger partial charge in [-0.1, -0.05) is 0 Å². The Morgan fingerprint density at radius 1 is 1.75 bits per heavy atom. The van der Waals surface area contributed by atoms with Crippen LogP contribution in [-0.4, -0.2) is 20.2 Å². The molecule has 0 aromatic carbocycles. The highest BCUT2D eigenvalue weighted by Gasteiger charge is 1.99. The van der Waals surface area contributed by atoms with Crippen LogP contribution in [0.4, 0.5) is 0 Å². The second-order valence-electron chi connectivity index (χ2n) is 0.893. The summed E-state index contributed by atoms with van der Waals surface area (Å²) in [4.78, 5) is -0.744. The number of alkyl halides is 2. The molecule has 0 aromatic rings. The molecule has 6 heteroatoms. The quantitative estimate of drug-likeness (QED) is 0.518. The van der Waals surface area contributed by atoms with Crippen molar-refractivity contribution in [3.05, 3.63) is 0 Å². The zero-order chi connectivity index (χ0) is 6.57. The zero-order valence-corrected chi connectivity index (χ0v) is 6.04. The van der Waals surface area contributed by atoms with Crippen LogP contribution in [-0.2, 0) is 15.5 Å². The molecule has 0 rings (SSSR count). The molecule has 1 atom stereocenters. The number of hydrogen-bond donors (Lipinski definition) is 1. The average Bonchev–Trinajstić information content (AvgIpc) is 1.61. The Labute approximate surface area is 59.4 Å². The van der Waals surface area contributed by atoms with Gasteiger partial charge in [-0.05, 0) is 0 Å². The largest absolute Gasteiger partial charge is 0.301 e. The highest BCUT2D eigenvalue weighted by atomic mass is 35.5. The Balaban J connectivity index is 3.05. The van der Waals surface area contributed by atoms with Gasteiger partial charge in [-0.15, -0.1) is 23.2 Å². The summed E-state index contributed by atoms with van der Waals surface area (Å²) in [5.74, 6) is 0. The van der Waals surface area contributed by atoms with Crippen LogP contribution in [0.5, 0.6) is 0 Å². The predicted molar refractivity (Wildman–Crippen MR) is 32.2 cm³/mol. The smallest absolute Gasteiger partial charge is 0.284 e. The highest BCUT2D eigenvalue weighted by molar-refractivity contribution is 7.74. The zero-order valence-electron chi connectivity index (χ0n) is 3.71. The molecule has 0 spiro atoms. The molecule has 0 amide bonds. The lowest BCUT2D eigenvalue weighted by Gasteiger charge is -1.95. The van der Waals surface area contributed by atoms with E-state index in [0.29, 0.717) is 0 Å². The van der Waals surface area contributed by atoms with Crippen molar-refractivity contribution in [1.29, 1.82) is 0 Å². The fraction of sp³-hybridized carbons (Fsp3) is 1.00. The Morgan fingerprint density at radius 2 is 2.25 bits per heavy atom. The van der Waals surface area contributed by atoms with Gasteiger partial charge in [0.1, 0.15) is 4.84 Å². The minimum atomic E-state index is -2.26. The van der Waals surface area contributed by atoms with Crippen molar-refractivity contribution in [1.82, 2.24) is 0 Å². The van der Waals surface area contributed by atoms with E-state index in [1.165, 1.54) is 0 Å². The van der Waals surface area contributed by atoms with Gasteiger partial charge >= 0.3 is 11.4 Å². The molecule has 0 saturated carbocycles. The topological polar surface area (TPSA) is 46.5 Å². The molecule has 1 N–H and O–H groups in total. The maximum Gasteiger partial charge on any atom is 0.301 e. The fourth-order valence-electron chi connectivity index (χ4n) is 0.110. The van der Waals surface area contributed by atoms with Gasteiger partial charge in [-0.2, -0.15) is 4.21 Å². The molecule has 0 aliphatic rings. The summed E-state index contributed by atoms with van der Waals surface area (Å²) in [5.41, 5.74) is 0. The van der Waals surface area contributed by atoms with Gasteiger partial charge in [0.05, 0.1) is 6.61 Å². The second-order valence-corrected chi connectivity index (χ2v) is 2.84. The van der Waals surface area contributed by atoms with E-state index in [1.54, 1.807) is 0 Å². The van der Waals surface area contributed by atoms with E-state index in [9.17, 15) is 4.21 Å². The van der Waals surface area contributed by atoms with E-state index in [0.717, 1.165) is 0 Å². The predicted octanol–water partition coefficient (Wildman–Crippen LogP) is 0.943. The SMILES string of the molecule is O=S(O)OCC(Cl)Cl. The van der Waals surface area contributed by atoms with E-state index >= 15 is 0 Å². The standard InChI is InChI=1S/C2H4Cl2O3S/c3-2(4)1-7-8(5)6/h2H,1H2,(H,5,6). The fourth-order valence-corrected chi connectivity index (χ4v) is 0.638. The van der Waals surface area contributed by atoms with Crippen LogP contribution in [0, 0.1) is 0 Å². The van der Waals surface area contributed by atoms with Crippen molar-refractivity contribution < 1.29 is 12.9 Å². The second kappa shape index (κ2) is 4.52. The molecule has 0 aliphatic carbocycles. The van der Waals surface area contributed by atoms with Crippen LogP contribution in [0.15, 0.2) is 0 Å². The minimum absolute atomic E-state index is 0.133. The van der Waals surface area contributed by atoms with Crippen molar-refractivity contribution in [2.75, 3.05) is 6.61 Å². The van der Waals surface area contributed by atoms with Gasteiger partial charge in [0, 0.05) is 0 Å². The minimum Gasteiger partial charge on any atom is -0.284 e. The van der Waals surface area contributed by atoms with Crippen LogP contribution < -0.4 is 0 Å². The molecule has 0 saturated heterocycles. The van der Waals surface area contributed by atoms with Crippen molar-refractivity contribution in [2.45, 2.75) is 4.84 Å². The van der Waals surface area contributed by atoms with Gasteiger partial charge in [-0.25, -0.2) is 0 Å². The molecule has 8 heavy (non-hydrogen) atoms. The lowest BCUT2D eigenvalue weighted by molar-refractivity contribution is 0.321. The van der Waals surface area contributed by atoms with Gasteiger partial charge in [0.25, 0.3) is 0 Å². The Morgan fingerprint density at radius 3 is 2.38 bits per heavy atom. The molecule has 0 bridgehead atoms. The molecular weight excluding hydrogens is 175 g/mol. The average molecular weight is 179 g/mol. The first-order chi connectivity index (χ1) is 3.63. The van der Waals surface area contributed by atoms with Crippen LogP contribution in [0.25, 0.3) is 0 Å². The third kappa shape index (κ3) is 6.65. The first-order valence-electron chi connectivity index (χ1n) is 1.65. The van der Waals surface area contributed by atoms with Gasteiger partial charge in [0.15, 0.2) is 0 Å². The summed E-state index contributed by atoms with van der Waals surface area (Å²) in [6, 6.07) is 0. The third-order valence-electron chi connectivity index (χ3n) is 0.295. The third-order valence-corrected chi connectivity index (χ3v) is 0.885. The van der Waals surface area contributed by atoms with Crippen LogP contribution in [0.3, 0.4) is 0 Å². The molecule has 3 nitrogen and oxygen atoms in total. The first kappa shape index (κ1) is 8.65. The van der Waals surface area contributed by atoms with Crippen molar-refractivity contribution in [3.63, 3.8) is 0 Å². The molecule has 1 unspecified atom stereocenters.